The molecule has 3 aliphatic carbocycles. The number of alkyl halides is 3. The van der Waals surface area contributed by atoms with E-state index in [2.05, 4.69) is 11.7 Å². The summed E-state index contributed by atoms with van der Waals surface area (Å²) in [5.41, 5.74) is 1.79. The van der Waals surface area contributed by atoms with Crippen LogP contribution in [0.3, 0.4) is 0 Å². The molecule has 3 saturated carbocycles. The zero-order valence-electron chi connectivity index (χ0n) is 22.5. The van der Waals surface area contributed by atoms with E-state index >= 15 is 8.78 Å². The van der Waals surface area contributed by atoms with Gasteiger partial charge in [-0.3, -0.25) is 0 Å². The molecule has 5 rings (SSSR count). The lowest BCUT2D eigenvalue weighted by Crippen LogP contribution is -2.25. The summed E-state index contributed by atoms with van der Waals surface area (Å²) in [5, 5.41) is 0. The number of ether oxygens (including phenoxy) is 1. The zero-order valence-corrected chi connectivity index (χ0v) is 22.5. The van der Waals surface area contributed by atoms with Crippen LogP contribution in [0.15, 0.2) is 30.3 Å². The molecule has 0 N–H and O–H groups in total. The first-order chi connectivity index (χ1) is 18.6. The maximum Gasteiger partial charge on any atom is 0.573 e. The molecule has 7 heteroatoms. The van der Waals surface area contributed by atoms with Gasteiger partial charge in [-0.05, 0) is 135 Å². The lowest BCUT2D eigenvalue weighted by molar-refractivity contribution is -0.275. The number of hydrogen-bond donors (Lipinski definition) is 0. The molecule has 39 heavy (non-hydrogen) atoms. The van der Waals surface area contributed by atoms with Crippen LogP contribution in [0.25, 0.3) is 0 Å². The van der Waals surface area contributed by atoms with Crippen LogP contribution >= 0.6 is 0 Å². The second kappa shape index (κ2) is 11.7. The van der Waals surface area contributed by atoms with Gasteiger partial charge < -0.3 is 4.74 Å². The smallest absolute Gasteiger partial charge is 0.403 e. The molecule has 2 aromatic carbocycles. The van der Waals surface area contributed by atoms with Crippen molar-refractivity contribution in [2.45, 2.75) is 108 Å². The number of rotatable bonds is 5. The largest absolute Gasteiger partial charge is 0.573 e. The van der Waals surface area contributed by atoms with Gasteiger partial charge in [0.1, 0.15) is 11.6 Å². The Morgan fingerprint density at radius 1 is 0.590 bits per heavy atom. The summed E-state index contributed by atoms with van der Waals surface area (Å²) in [7, 11) is 0. The molecular weight excluding hydrogens is 514 g/mol. The van der Waals surface area contributed by atoms with Crippen molar-refractivity contribution in [1.82, 2.24) is 0 Å². The molecule has 0 unspecified atom stereocenters. The summed E-state index contributed by atoms with van der Waals surface area (Å²) < 4.78 is 85.6. The molecule has 3 aliphatic rings. The van der Waals surface area contributed by atoms with Gasteiger partial charge in [0.15, 0.2) is 11.6 Å². The Morgan fingerprint density at radius 2 is 1.05 bits per heavy atom. The van der Waals surface area contributed by atoms with Gasteiger partial charge in [-0.2, -0.15) is 0 Å². The summed E-state index contributed by atoms with van der Waals surface area (Å²) in [6.45, 7) is 2.24. The Kier molecular flexibility index (Phi) is 8.54. The van der Waals surface area contributed by atoms with E-state index in [0.29, 0.717) is 23.3 Å². The van der Waals surface area contributed by atoms with Gasteiger partial charge in [-0.15, -0.1) is 13.2 Å². The van der Waals surface area contributed by atoms with Gasteiger partial charge >= 0.3 is 6.36 Å². The van der Waals surface area contributed by atoms with Crippen molar-refractivity contribution in [2.75, 3.05) is 0 Å². The predicted molar refractivity (Wildman–Crippen MR) is 139 cm³/mol. The van der Waals surface area contributed by atoms with Crippen molar-refractivity contribution < 1.29 is 31.1 Å². The minimum absolute atomic E-state index is 0.0848. The van der Waals surface area contributed by atoms with Gasteiger partial charge in [0.2, 0.25) is 0 Å². The van der Waals surface area contributed by atoms with Crippen molar-refractivity contribution in [2.24, 2.45) is 17.8 Å². The van der Waals surface area contributed by atoms with E-state index in [-0.39, 0.29) is 35.0 Å². The lowest BCUT2D eigenvalue weighted by atomic mass is 9.67. The Labute approximate surface area is 227 Å². The molecule has 0 bridgehead atoms. The molecule has 214 valence electrons. The number of hydrogen-bond acceptors (Lipinski definition) is 1. The molecule has 0 aromatic heterocycles. The molecule has 0 spiro atoms. The van der Waals surface area contributed by atoms with Crippen molar-refractivity contribution in [3.05, 3.63) is 64.5 Å². The normalized spacial score (nSPS) is 30.2. The highest BCUT2D eigenvalue weighted by atomic mass is 19.4. The quantitative estimate of drug-likeness (QED) is 0.335. The highest BCUT2D eigenvalue weighted by molar-refractivity contribution is 5.33. The Bertz CT molecular complexity index is 1100. The molecule has 2 aromatic rings. The summed E-state index contributed by atoms with van der Waals surface area (Å²) >= 11 is 0. The highest BCUT2D eigenvalue weighted by Gasteiger charge is 2.35. The second-order valence-corrected chi connectivity index (χ2v) is 12.3. The number of halogens is 6. The first-order valence-electron chi connectivity index (χ1n) is 14.6. The molecule has 3 fully saturated rings. The predicted octanol–water partition coefficient (Wildman–Crippen LogP) is 10.5. The van der Waals surface area contributed by atoms with Crippen molar-refractivity contribution >= 4 is 0 Å². The third-order valence-corrected chi connectivity index (χ3v) is 9.86. The SMILES string of the molecule is CC1CCC(c2cc(F)c(C3CCC(C4CCC(c5ccc(OC(F)(F)F)c(F)c5)CC4)CC3)c(F)c2)CC1. The maximum atomic E-state index is 15.2. The number of benzene rings is 2. The summed E-state index contributed by atoms with van der Waals surface area (Å²) in [4.78, 5) is 0. The molecule has 0 radical (unpaired) electrons. The van der Waals surface area contributed by atoms with E-state index in [9.17, 15) is 17.6 Å². The second-order valence-electron chi connectivity index (χ2n) is 12.3. The Morgan fingerprint density at radius 3 is 1.56 bits per heavy atom. The molecule has 0 aliphatic heterocycles. The fourth-order valence-electron chi connectivity index (χ4n) is 7.60. The van der Waals surface area contributed by atoms with Gasteiger partial charge in [0, 0.05) is 5.56 Å². The summed E-state index contributed by atoms with van der Waals surface area (Å²) in [6.07, 6.45) is 6.41. The fraction of sp³-hybridized carbons (Fsp3) is 0.625. The molecule has 0 amide bonds. The van der Waals surface area contributed by atoms with Crippen LogP contribution in [0.5, 0.6) is 5.75 Å². The van der Waals surface area contributed by atoms with Gasteiger partial charge in [0.25, 0.3) is 0 Å². The molecule has 0 saturated heterocycles. The monoisotopic (exact) mass is 552 g/mol. The van der Waals surface area contributed by atoms with E-state index < -0.39 is 17.9 Å². The first kappa shape index (κ1) is 28.4. The van der Waals surface area contributed by atoms with E-state index in [1.807, 2.05) is 0 Å². The van der Waals surface area contributed by atoms with Crippen LogP contribution in [-0.2, 0) is 0 Å². The average Bonchev–Trinajstić information content (AvgIpc) is 2.90. The maximum absolute atomic E-state index is 15.2. The molecular formula is C32H38F6O. The van der Waals surface area contributed by atoms with Crippen LogP contribution in [-0.4, -0.2) is 6.36 Å². The Balaban J connectivity index is 1.14. The molecule has 1 nitrogen and oxygen atoms in total. The topological polar surface area (TPSA) is 9.23 Å². The van der Waals surface area contributed by atoms with Gasteiger partial charge in [-0.25, -0.2) is 13.2 Å². The van der Waals surface area contributed by atoms with Crippen molar-refractivity contribution in [1.29, 1.82) is 0 Å². The first-order valence-corrected chi connectivity index (χ1v) is 14.6. The van der Waals surface area contributed by atoms with Crippen LogP contribution in [0.1, 0.15) is 118 Å². The van der Waals surface area contributed by atoms with Crippen molar-refractivity contribution in [3.63, 3.8) is 0 Å². The van der Waals surface area contributed by atoms with E-state index in [0.717, 1.165) is 88.7 Å². The average molecular weight is 553 g/mol. The van der Waals surface area contributed by atoms with Crippen LogP contribution < -0.4 is 4.74 Å². The van der Waals surface area contributed by atoms with E-state index in [1.165, 1.54) is 12.1 Å². The Hall–Kier alpha value is -2.18. The highest BCUT2D eigenvalue weighted by Crippen LogP contribution is 2.47. The summed E-state index contributed by atoms with van der Waals surface area (Å²) in [5.74, 6) is -0.558. The third-order valence-electron chi connectivity index (χ3n) is 9.86. The standard InChI is InChI=1S/C32H38F6O/c1-19-2-4-23(5-3-19)26-17-28(34)31(29(35)18-26)24-12-10-21(11-13-24)20-6-8-22(9-7-20)25-14-15-30(27(33)16-25)39-32(36,37)38/h14-24H,2-13H2,1H3. The lowest BCUT2D eigenvalue weighted by Gasteiger charge is -2.38. The van der Waals surface area contributed by atoms with E-state index in [4.69, 9.17) is 0 Å². The molecule has 0 heterocycles. The third kappa shape index (κ3) is 6.77. The minimum atomic E-state index is -4.92. The van der Waals surface area contributed by atoms with Crippen LogP contribution in [0.4, 0.5) is 26.3 Å². The fourth-order valence-corrected chi connectivity index (χ4v) is 7.60. The van der Waals surface area contributed by atoms with Gasteiger partial charge in [-0.1, -0.05) is 25.8 Å². The van der Waals surface area contributed by atoms with Gasteiger partial charge in [0.05, 0.1) is 0 Å². The summed E-state index contributed by atoms with van der Waals surface area (Å²) in [6, 6.07) is 6.95. The van der Waals surface area contributed by atoms with E-state index in [1.54, 1.807) is 12.1 Å². The van der Waals surface area contributed by atoms with Crippen molar-refractivity contribution in [3.8, 4) is 5.75 Å². The zero-order chi connectivity index (χ0) is 27.7. The van der Waals surface area contributed by atoms with Crippen LogP contribution in [0.2, 0.25) is 0 Å². The van der Waals surface area contributed by atoms with Crippen LogP contribution in [0, 0.1) is 35.2 Å². The molecule has 0 atom stereocenters. The minimum Gasteiger partial charge on any atom is -0.403 e.